The molecule has 126 valence electrons. The minimum Gasteiger partial charge on any atom is -0.496 e. The van der Waals surface area contributed by atoms with Crippen LogP contribution in [0.1, 0.15) is 23.2 Å². The van der Waals surface area contributed by atoms with Crippen LogP contribution in [0.25, 0.3) is 0 Å². The molecular weight excluding hydrogens is 373 g/mol. The van der Waals surface area contributed by atoms with E-state index in [0.29, 0.717) is 32.1 Å². The molecule has 0 aliphatic carbocycles. The standard InChI is InChI=1S/C17H14Cl3NO3/c1-24-16-6-3-10(18)8-12(16)15(22)5-7-17(23)21-14-4-2-11(19)9-13(14)20/h2-4,6,8-9H,5,7H2,1H3,(H,21,23). The van der Waals surface area contributed by atoms with Crippen molar-refractivity contribution in [3.05, 3.63) is 57.0 Å². The third-order valence-corrected chi connectivity index (χ3v) is 4.03. The van der Waals surface area contributed by atoms with Gasteiger partial charge >= 0.3 is 0 Å². The highest BCUT2D eigenvalue weighted by atomic mass is 35.5. The summed E-state index contributed by atoms with van der Waals surface area (Å²) in [6.45, 7) is 0. The first-order chi connectivity index (χ1) is 11.4. The number of methoxy groups -OCH3 is 1. The molecule has 1 N–H and O–H groups in total. The Balaban J connectivity index is 1.99. The summed E-state index contributed by atoms with van der Waals surface area (Å²) in [5, 5.41) is 3.88. The summed E-state index contributed by atoms with van der Waals surface area (Å²) in [6, 6.07) is 9.52. The summed E-state index contributed by atoms with van der Waals surface area (Å²) in [4.78, 5) is 24.3. The maximum atomic E-state index is 12.3. The van der Waals surface area contributed by atoms with Gasteiger partial charge in [0.1, 0.15) is 5.75 Å². The number of anilines is 1. The van der Waals surface area contributed by atoms with Crippen LogP contribution >= 0.6 is 34.8 Å². The molecule has 7 heteroatoms. The summed E-state index contributed by atoms with van der Waals surface area (Å²) in [5.74, 6) is -0.133. The molecule has 0 bridgehead atoms. The predicted molar refractivity (Wildman–Crippen MR) is 96.7 cm³/mol. The number of hydrogen-bond donors (Lipinski definition) is 1. The van der Waals surface area contributed by atoms with Crippen LogP contribution in [0, 0.1) is 0 Å². The Morgan fingerprint density at radius 3 is 2.33 bits per heavy atom. The highest BCUT2D eigenvalue weighted by molar-refractivity contribution is 6.36. The minimum absolute atomic E-state index is 0.00740. The predicted octanol–water partition coefficient (Wildman–Crippen LogP) is 5.26. The van der Waals surface area contributed by atoms with Gasteiger partial charge in [-0.05, 0) is 36.4 Å². The zero-order chi connectivity index (χ0) is 17.7. The summed E-state index contributed by atoms with van der Waals surface area (Å²) in [7, 11) is 1.47. The van der Waals surface area contributed by atoms with Gasteiger partial charge in [-0.3, -0.25) is 9.59 Å². The van der Waals surface area contributed by atoms with E-state index >= 15 is 0 Å². The van der Waals surface area contributed by atoms with E-state index in [1.807, 2.05) is 0 Å². The average Bonchev–Trinajstić information content (AvgIpc) is 2.55. The molecule has 0 atom stereocenters. The highest BCUT2D eigenvalue weighted by Crippen LogP contribution is 2.26. The topological polar surface area (TPSA) is 55.4 Å². The number of ether oxygens (including phenoxy) is 1. The van der Waals surface area contributed by atoms with E-state index in [2.05, 4.69) is 5.32 Å². The van der Waals surface area contributed by atoms with Gasteiger partial charge in [0.25, 0.3) is 0 Å². The van der Waals surface area contributed by atoms with Gasteiger partial charge in [-0.1, -0.05) is 34.8 Å². The number of ketones is 1. The van der Waals surface area contributed by atoms with Gasteiger partial charge in [0, 0.05) is 22.9 Å². The van der Waals surface area contributed by atoms with Crippen LogP contribution in [-0.2, 0) is 4.79 Å². The smallest absolute Gasteiger partial charge is 0.224 e. The molecular formula is C17H14Cl3NO3. The maximum Gasteiger partial charge on any atom is 0.224 e. The third kappa shape index (κ3) is 4.87. The van der Waals surface area contributed by atoms with E-state index in [1.165, 1.54) is 19.2 Å². The van der Waals surface area contributed by atoms with Crippen LogP contribution in [0.15, 0.2) is 36.4 Å². The Bertz CT molecular complexity index is 778. The summed E-state index contributed by atoms with van der Waals surface area (Å²) < 4.78 is 5.14. The lowest BCUT2D eigenvalue weighted by molar-refractivity contribution is -0.116. The fourth-order valence-electron chi connectivity index (χ4n) is 2.06. The van der Waals surface area contributed by atoms with Crippen LogP contribution in [0.2, 0.25) is 15.1 Å². The van der Waals surface area contributed by atoms with Gasteiger partial charge < -0.3 is 10.1 Å². The molecule has 0 heterocycles. The van der Waals surface area contributed by atoms with Gasteiger partial charge in [0.15, 0.2) is 5.78 Å². The Hall–Kier alpha value is -1.75. The van der Waals surface area contributed by atoms with E-state index in [1.54, 1.807) is 24.3 Å². The molecule has 0 spiro atoms. The van der Waals surface area contributed by atoms with Gasteiger partial charge in [0.05, 0.1) is 23.4 Å². The van der Waals surface area contributed by atoms with Crippen LogP contribution in [0.4, 0.5) is 5.69 Å². The number of carbonyl (C=O) groups is 2. The normalized spacial score (nSPS) is 10.3. The number of halogens is 3. The summed E-state index contributed by atoms with van der Waals surface area (Å²) in [5.41, 5.74) is 0.793. The van der Waals surface area contributed by atoms with Crippen LogP contribution < -0.4 is 10.1 Å². The zero-order valence-electron chi connectivity index (χ0n) is 12.7. The first-order valence-corrected chi connectivity index (χ1v) is 8.15. The number of benzene rings is 2. The van der Waals surface area contributed by atoms with Crippen LogP contribution in [-0.4, -0.2) is 18.8 Å². The fourth-order valence-corrected chi connectivity index (χ4v) is 2.69. The second-order valence-corrected chi connectivity index (χ2v) is 6.22. The van der Waals surface area contributed by atoms with Crippen molar-refractivity contribution in [1.82, 2.24) is 0 Å². The van der Waals surface area contributed by atoms with E-state index in [4.69, 9.17) is 39.5 Å². The quantitative estimate of drug-likeness (QED) is 0.689. The number of nitrogens with one attached hydrogen (secondary N) is 1. The van der Waals surface area contributed by atoms with E-state index in [0.717, 1.165) is 0 Å². The third-order valence-electron chi connectivity index (χ3n) is 3.25. The van der Waals surface area contributed by atoms with E-state index < -0.39 is 0 Å². The molecule has 2 aromatic carbocycles. The molecule has 0 unspecified atom stereocenters. The van der Waals surface area contributed by atoms with Crippen molar-refractivity contribution in [1.29, 1.82) is 0 Å². The molecule has 0 aromatic heterocycles. The van der Waals surface area contributed by atoms with Gasteiger partial charge in [-0.2, -0.15) is 0 Å². The van der Waals surface area contributed by atoms with Crippen molar-refractivity contribution in [2.45, 2.75) is 12.8 Å². The molecule has 2 aromatic rings. The monoisotopic (exact) mass is 385 g/mol. The first-order valence-electron chi connectivity index (χ1n) is 7.02. The minimum atomic E-state index is -0.325. The van der Waals surface area contributed by atoms with Crippen LogP contribution in [0.5, 0.6) is 5.75 Å². The zero-order valence-corrected chi connectivity index (χ0v) is 15.0. The molecule has 1 amide bonds. The van der Waals surface area contributed by atoms with Crippen molar-refractivity contribution in [3.8, 4) is 5.75 Å². The Labute approximate surface area is 154 Å². The van der Waals surface area contributed by atoms with Gasteiger partial charge in [0.2, 0.25) is 5.91 Å². The molecule has 2 rings (SSSR count). The van der Waals surface area contributed by atoms with E-state index in [-0.39, 0.29) is 24.5 Å². The molecule has 4 nitrogen and oxygen atoms in total. The van der Waals surface area contributed by atoms with Crippen molar-refractivity contribution in [3.63, 3.8) is 0 Å². The molecule has 0 aliphatic rings. The van der Waals surface area contributed by atoms with Crippen LogP contribution in [0.3, 0.4) is 0 Å². The van der Waals surface area contributed by atoms with Crippen molar-refractivity contribution in [2.24, 2.45) is 0 Å². The lowest BCUT2D eigenvalue weighted by Crippen LogP contribution is -2.14. The molecule has 24 heavy (non-hydrogen) atoms. The number of carbonyl (C=O) groups excluding carboxylic acids is 2. The lowest BCUT2D eigenvalue weighted by Gasteiger charge is -2.09. The molecule has 0 fully saturated rings. The first kappa shape index (κ1) is 18.6. The van der Waals surface area contributed by atoms with E-state index in [9.17, 15) is 9.59 Å². The van der Waals surface area contributed by atoms with Crippen molar-refractivity contribution in [2.75, 3.05) is 12.4 Å². The number of Topliss-reactive ketones (excluding diaryl/α,β-unsaturated/α-hetero) is 1. The van der Waals surface area contributed by atoms with Crippen molar-refractivity contribution >= 4 is 52.2 Å². The Kier molecular flexibility index (Phi) is 6.49. The second-order valence-electron chi connectivity index (χ2n) is 4.94. The summed E-state index contributed by atoms with van der Waals surface area (Å²) >= 11 is 17.7. The Morgan fingerprint density at radius 1 is 1.00 bits per heavy atom. The summed E-state index contributed by atoms with van der Waals surface area (Å²) in [6.07, 6.45) is 0.0290. The lowest BCUT2D eigenvalue weighted by atomic mass is 10.1. The fraction of sp³-hybridized carbons (Fsp3) is 0.176. The average molecular weight is 387 g/mol. The Morgan fingerprint density at radius 2 is 1.67 bits per heavy atom. The van der Waals surface area contributed by atoms with Gasteiger partial charge in [-0.15, -0.1) is 0 Å². The number of amides is 1. The van der Waals surface area contributed by atoms with Gasteiger partial charge in [-0.25, -0.2) is 0 Å². The van der Waals surface area contributed by atoms with Crippen molar-refractivity contribution < 1.29 is 14.3 Å². The molecule has 0 radical (unpaired) electrons. The molecule has 0 saturated heterocycles. The number of hydrogen-bond acceptors (Lipinski definition) is 3. The SMILES string of the molecule is COc1ccc(Cl)cc1C(=O)CCC(=O)Nc1ccc(Cl)cc1Cl. The number of rotatable bonds is 6. The molecule has 0 aliphatic heterocycles. The largest absolute Gasteiger partial charge is 0.496 e. The highest BCUT2D eigenvalue weighted by Gasteiger charge is 2.15. The second kappa shape index (κ2) is 8.38. The molecule has 0 saturated carbocycles. The maximum absolute atomic E-state index is 12.3.